The predicted octanol–water partition coefficient (Wildman–Crippen LogP) is 1.78. The van der Waals surface area contributed by atoms with Crippen molar-refractivity contribution in [2.45, 2.75) is 24.9 Å². The predicted molar refractivity (Wildman–Crippen MR) is 121 cm³/mol. The van der Waals surface area contributed by atoms with Crippen molar-refractivity contribution in [3.63, 3.8) is 0 Å². The first kappa shape index (κ1) is 21.5. The quantitative estimate of drug-likeness (QED) is 0.594. The van der Waals surface area contributed by atoms with Gasteiger partial charge in [0.15, 0.2) is 0 Å². The maximum atomic E-state index is 13.3. The summed E-state index contributed by atoms with van der Waals surface area (Å²) in [5.41, 5.74) is 3.31. The Bertz CT molecular complexity index is 1200. The molecule has 2 aromatic heterocycles. The van der Waals surface area contributed by atoms with Gasteiger partial charge in [0.25, 0.3) is 11.8 Å². The van der Waals surface area contributed by atoms with Gasteiger partial charge in [0, 0.05) is 31.4 Å². The van der Waals surface area contributed by atoms with Crippen LogP contribution in [0.3, 0.4) is 0 Å². The van der Waals surface area contributed by atoms with Crippen LogP contribution in [0.4, 0.5) is 0 Å². The second kappa shape index (κ2) is 8.92. The van der Waals surface area contributed by atoms with Crippen LogP contribution in [-0.4, -0.2) is 69.4 Å². The molecule has 0 spiro atoms. The molecule has 9 heteroatoms. The molecule has 5 rings (SSSR count). The van der Waals surface area contributed by atoms with Crippen LogP contribution in [0.25, 0.3) is 10.9 Å². The summed E-state index contributed by atoms with van der Waals surface area (Å²) in [5, 5.41) is 17.0. The highest BCUT2D eigenvalue weighted by molar-refractivity contribution is 6.06. The molecular formula is C24H27N5O4. The third kappa shape index (κ3) is 4.34. The van der Waals surface area contributed by atoms with Crippen LogP contribution in [0.2, 0.25) is 0 Å². The first-order valence-corrected chi connectivity index (χ1v) is 11.3. The molecule has 33 heavy (non-hydrogen) atoms. The molecule has 1 aliphatic heterocycles. The summed E-state index contributed by atoms with van der Waals surface area (Å²) in [6.07, 6.45) is 1.81. The maximum absolute atomic E-state index is 13.3. The van der Waals surface area contributed by atoms with Gasteiger partial charge in [-0.25, -0.2) is 4.98 Å². The number of aryl methyl sites for hydroxylation is 1. The molecule has 3 heterocycles. The summed E-state index contributed by atoms with van der Waals surface area (Å²) < 4.78 is 7.64. The number of hydrogen-bond acceptors (Lipinski definition) is 6. The van der Waals surface area contributed by atoms with E-state index in [1.165, 1.54) is 0 Å². The lowest BCUT2D eigenvalue weighted by atomic mass is 10.0. The number of aliphatic hydroxyl groups is 1. The Morgan fingerprint density at radius 1 is 1.21 bits per heavy atom. The van der Waals surface area contributed by atoms with Gasteiger partial charge in [0.05, 0.1) is 42.2 Å². The second-order valence-corrected chi connectivity index (χ2v) is 8.55. The molecular weight excluding hydrogens is 422 g/mol. The highest BCUT2D eigenvalue weighted by Crippen LogP contribution is 2.39. The van der Waals surface area contributed by atoms with Gasteiger partial charge in [-0.15, -0.1) is 0 Å². The standard InChI is InChI=1S/C24H27N5O4/c1-28-21(13-19(27-28)15-6-7-15)24(32)29-9-11-33-22(14-29)20-12-17(23(31)25-8-10-30)16-4-2-3-5-18(16)26-20/h2-5,12-13,15,22,30H,6-11,14H2,1H3,(H,25,31)/t22-/m1/s1. The van der Waals surface area contributed by atoms with Crippen LogP contribution in [0, 0.1) is 0 Å². The van der Waals surface area contributed by atoms with E-state index in [9.17, 15) is 9.59 Å². The van der Waals surface area contributed by atoms with Crippen molar-refractivity contribution in [2.75, 3.05) is 32.8 Å². The molecule has 0 radical (unpaired) electrons. The number of ether oxygens (including phenoxy) is 1. The molecule has 2 aliphatic rings. The average Bonchev–Trinajstić information content (AvgIpc) is 3.63. The number of aliphatic hydroxyl groups excluding tert-OH is 1. The van der Waals surface area contributed by atoms with Crippen LogP contribution < -0.4 is 5.32 Å². The number of pyridine rings is 1. The van der Waals surface area contributed by atoms with Crippen LogP contribution in [0.5, 0.6) is 0 Å². The lowest BCUT2D eigenvalue weighted by Crippen LogP contribution is -2.43. The number of carbonyl (C=O) groups excluding carboxylic acids is 2. The number of nitrogens with one attached hydrogen (secondary N) is 1. The number of amides is 2. The number of benzene rings is 1. The van der Waals surface area contributed by atoms with E-state index in [-0.39, 0.29) is 25.0 Å². The zero-order valence-electron chi connectivity index (χ0n) is 18.5. The van der Waals surface area contributed by atoms with Crippen LogP contribution >= 0.6 is 0 Å². The highest BCUT2D eigenvalue weighted by Gasteiger charge is 2.32. The van der Waals surface area contributed by atoms with Crippen molar-refractivity contribution >= 4 is 22.7 Å². The van der Waals surface area contributed by atoms with E-state index in [2.05, 4.69) is 10.4 Å². The number of fused-ring (bicyclic) bond motifs is 1. The molecule has 1 aliphatic carbocycles. The van der Waals surface area contributed by atoms with E-state index in [1.807, 2.05) is 30.3 Å². The van der Waals surface area contributed by atoms with Crippen molar-refractivity contribution in [2.24, 2.45) is 7.05 Å². The van der Waals surface area contributed by atoms with Gasteiger partial charge in [-0.1, -0.05) is 18.2 Å². The van der Waals surface area contributed by atoms with E-state index in [0.717, 1.165) is 23.9 Å². The van der Waals surface area contributed by atoms with Crippen molar-refractivity contribution in [3.05, 3.63) is 59.0 Å². The van der Waals surface area contributed by atoms with Gasteiger partial charge in [-0.3, -0.25) is 14.3 Å². The van der Waals surface area contributed by atoms with Crippen molar-refractivity contribution in [3.8, 4) is 0 Å². The Kier molecular flexibility index (Phi) is 5.82. The SMILES string of the molecule is Cn1nc(C2CC2)cc1C(=O)N1CCO[C@@H](c2cc(C(=O)NCCO)c3ccccc3n2)C1. The number of aromatic nitrogens is 3. The molecule has 0 unspecified atom stereocenters. The maximum Gasteiger partial charge on any atom is 0.272 e. The molecule has 2 N–H and O–H groups in total. The lowest BCUT2D eigenvalue weighted by molar-refractivity contribution is -0.0249. The Morgan fingerprint density at radius 3 is 2.82 bits per heavy atom. The minimum Gasteiger partial charge on any atom is -0.395 e. The Balaban J connectivity index is 1.41. The van der Waals surface area contributed by atoms with Crippen molar-refractivity contribution < 1.29 is 19.4 Å². The van der Waals surface area contributed by atoms with E-state index in [1.54, 1.807) is 22.7 Å². The first-order valence-electron chi connectivity index (χ1n) is 11.3. The third-order valence-electron chi connectivity index (χ3n) is 6.17. The Morgan fingerprint density at radius 2 is 2.03 bits per heavy atom. The Hall–Kier alpha value is -3.30. The second-order valence-electron chi connectivity index (χ2n) is 8.55. The van der Waals surface area contributed by atoms with Gasteiger partial charge in [-0.05, 0) is 31.0 Å². The molecule has 3 aromatic rings. The summed E-state index contributed by atoms with van der Waals surface area (Å²) >= 11 is 0. The molecule has 172 valence electrons. The van der Waals surface area contributed by atoms with Crippen LogP contribution in [0.1, 0.15) is 57.1 Å². The van der Waals surface area contributed by atoms with Gasteiger partial charge in [0.1, 0.15) is 11.8 Å². The van der Waals surface area contributed by atoms with Crippen molar-refractivity contribution in [1.29, 1.82) is 0 Å². The van der Waals surface area contributed by atoms with Crippen LogP contribution in [0.15, 0.2) is 36.4 Å². The largest absolute Gasteiger partial charge is 0.395 e. The lowest BCUT2D eigenvalue weighted by Gasteiger charge is -2.32. The monoisotopic (exact) mass is 449 g/mol. The van der Waals surface area contributed by atoms with Gasteiger partial charge < -0.3 is 20.1 Å². The fourth-order valence-corrected chi connectivity index (χ4v) is 4.26. The molecule has 2 amide bonds. The van der Waals surface area contributed by atoms with Gasteiger partial charge in [0.2, 0.25) is 0 Å². The summed E-state index contributed by atoms with van der Waals surface area (Å²) in [6, 6.07) is 11.0. The first-order chi connectivity index (χ1) is 16.0. The minimum atomic E-state index is -0.451. The zero-order valence-corrected chi connectivity index (χ0v) is 18.5. The highest BCUT2D eigenvalue weighted by atomic mass is 16.5. The number of para-hydroxylation sites is 1. The number of rotatable bonds is 6. The topological polar surface area (TPSA) is 110 Å². The molecule has 2 fully saturated rings. The number of morpholine rings is 1. The fraction of sp³-hybridized carbons (Fsp3) is 0.417. The molecule has 9 nitrogen and oxygen atoms in total. The van der Waals surface area contributed by atoms with E-state index >= 15 is 0 Å². The van der Waals surface area contributed by atoms with Gasteiger partial charge in [-0.2, -0.15) is 5.10 Å². The van der Waals surface area contributed by atoms with E-state index in [4.69, 9.17) is 14.8 Å². The van der Waals surface area contributed by atoms with E-state index < -0.39 is 6.10 Å². The third-order valence-corrected chi connectivity index (χ3v) is 6.17. The number of carbonyl (C=O) groups is 2. The fourth-order valence-electron chi connectivity index (χ4n) is 4.26. The zero-order chi connectivity index (χ0) is 22.9. The smallest absolute Gasteiger partial charge is 0.272 e. The summed E-state index contributed by atoms with van der Waals surface area (Å²) in [5.74, 6) is 0.120. The number of nitrogens with zero attached hydrogens (tertiary/aromatic N) is 4. The summed E-state index contributed by atoms with van der Waals surface area (Å²) in [7, 11) is 1.80. The Labute approximate surface area is 191 Å². The molecule has 0 bridgehead atoms. The van der Waals surface area contributed by atoms with Crippen molar-refractivity contribution in [1.82, 2.24) is 25.0 Å². The molecule has 1 atom stereocenters. The molecule has 1 aromatic carbocycles. The van der Waals surface area contributed by atoms with E-state index in [0.29, 0.717) is 48.1 Å². The van der Waals surface area contributed by atoms with Gasteiger partial charge >= 0.3 is 0 Å². The summed E-state index contributed by atoms with van der Waals surface area (Å²) in [4.78, 5) is 32.5. The average molecular weight is 450 g/mol. The number of hydrogen-bond donors (Lipinski definition) is 2. The molecule has 1 saturated heterocycles. The van der Waals surface area contributed by atoms with Crippen LogP contribution in [-0.2, 0) is 11.8 Å². The molecule has 1 saturated carbocycles. The minimum absolute atomic E-state index is 0.0769. The normalized spacial score (nSPS) is 18.5. The summed E-state index contributed by atoms with van der Waals surface area (Å²) in [6.45, 7) is 1.23.